The molecule has 556 valence electrons. The Morgan fingerprint density at radius 1 is 0.426 bits per heavy atom. The van der Waals surface area contributed by atoms with Gasteiger partial charge >= 0.3 is 30.1 Å². The van der Waals surface area contributed by atoms with Crippen molar-refractivity contribution in [2.24, 2.45) is 22.9 Å². The molecule has 3 heterocycles. The SMILES string of the molecule is CC(C)(C)OC(=O)NC1(C(N)=O)CCCCC1.CC(C)(C)OC(=O)NC1(C(N)=O)CCN(Cc2ccccc2)CC1.CC(C)(C)OC(=O)NC1(C(N)=O)CCN(c2ccccc2N)CC1.CC(C)(C)OC(=O)NC1(C(N)=O)CCN(c2ccccc2[N+](=O)[O-])CC1.O=[N+]([O-])c1ccccc1F. The standard InChI is InChI=1S/C18H27N3O3.C17H24N4O5.C17H26N4O3.C12H22N2O3.C6H4FNO2/c1-17(2,3)24-16(23)20-18(15(19)22)9-11-21(12-10-18)13-14-7-5-4-6-8-14;1-16(2,3)26-15(23)19-17(14(18)22)8-10-20(11-9-17)12-6-4-5-7-13(12)21(24)25;1-16(2,3)24-15(23)20-17(14(19)22)8-10-21(11-9-17)13-7-5-4-6-12(13)18;1-11(2,3)17-10(16)14-12(9(13)15)7-5-4-6-8-12;7-5-3-1-2-4-6(5)8(9)10/h4-8H,9-13H2,1-3H3,(H2,19,22)(H,20,23);4-7H,8-11H2,1-3H3,(H2,18,22)(H,19,23);4-7H,8-11,18H2,1-3H3,(H2,19,22)(H,20,23);4-8H2,1-3H3,(H2,13,15)(H,14,16);1-4H. The van der Waals surface area contributed by atoms with Gasteiger partial charge in [-0.2, -0.15) is 4.39 Å². The zero-order valence-corrected chi connectivity index (χ0v) is 60.1. The molecule has 0 bridgehead atoms. The summed E-state index contributed by atoms with van der Waals surface area (Å²) in [4.78, 5) is 122. The van der Waals surface area contributed by atoms with E-state index >= 15 is 0 Å². The van der Waals surface area contributed by atoms with Gasteiger partial charge in [-0.05, 0) is 164 Å². The van der Waals surface area contributed by atoms with Crippen molar-refractivity contribution < 1.29 is 71.5 Å². The Morgan fingerprint density at radius 2 is 0.723 bits per heavy atom. The van der Waals surface area contributed by atoms with E-state index in [-0.39, 0.29) is 18.5 Å². The fourth-order valence-corrected chi connectivity index (χ4v) is 11.3. The minimum Gasteiger partial charge on any atom is -0.444 e. The molecule has 3 saturated heterocycles. The third kappa shape index (κ3) is 26.8. The monoisotopic (exact) mass is 1410 g/mol. The van der Waals surface area contributed by atoms with Gasteiger partial charge in [-0.3, -0.25) is 44.3 Å². The van der Waals surface area contributed by atoms with Crippen molar-refractivity contribution in [2.75, 3.05) is 54.8 Å². The van der Waals surface area contributed by atoms with Gasteiger partial charge in [-0.15, -0.1) is 0 Å². The van der Waals surface area contributed by atoms with Crippen LogP contribution >= 0.6 is 0 Å². The summed E-state index contributed by atoms with van der Waals surface area (Å²) in [5.74, 6) is -2.97. The molecule has 0 radical (unpaired) electrons. The maximum atomic E-state index is 12.4. The van der Waals surface area contributed by atoms with Crippen LogP contribution in [0.15, 0.2) is 103 Å². The van der Waals surface area contributed by atoms with Crippen LogP contribution in [0.5, 0.6) is 0 Å². The quantitative estimate of drug-likeness (QED) is 0.0246. The van der Waals surface area contributed by atoms with E-state index in [1.165, 1.54) is 23.8 Å². The molecule has 1 aliphatic carbocycles. The predicted octanol–water partition coefficient (Wildman–Crippen LogP) is 9.03. The van der Waals surface area contributed by atoms with E-state index in [2.05, 4.69) is 43.2 Å². The fourth-order valence-electron chi connectivity index (χ4n) is 11.3. The molecule has 1 saturated carbocycles. The Bertz CT molecular complexity index is 3490. The second kappa shape index (κ2) is 35.8. The first-order chi connectivity index (χ1) is 46.8. The maximum Gasteiger partial charge on any atom is 0.408 e. The number of anilines is 3. The predicted molar refractivity (Wildman–Crippen MR) is 379 cm³/mol. The van der Waals surface area contributed by atoms with E-state index in [9.17, 15) is 63.0 Å². The van der Waals surface area contributed by atoms with Crippen LogP contribution in [-0.2, 0) is 44.7 Å². The number of primary amides is 4. The van der Waals surface area contributed by atoms with E-state index in [1.54, 1.807) is 101 Å². The molecule has 14 N–H and O–H groups in total. The molecule has 4 aromatic carbocycles. The maximum absolute atomic E-state index is 12.4. The van der Waals surface area contributed by atoms with Crippen molar-refractivity contribution in [3.05, 3.63) is 135 Å². The molecule has 0 unspecified atom stereocenters. The van der Waals surface area contributed by atoms with E-state index in [1.807, 2.05) is 47.4 Å². The van der Waals surface area contributed by atoms with Gasteiger partial charge in [0.15, 0.2) is 0 Å². The van der Waals surface area contributed by atoms with Gasteiger partial charge in [-0.1, -0.05) is 86.0 Å². The number of nitrogens with two attached hydrogens (primary N) is 5. The molecule has 4 aliphatic rings. The highest BCUT2D eigenvalue weighted by molar-refractivity contribution is 5.91. The van der Waals surface area contributed by atoms with Crippen LogP contribution < -0.4 is 59.7 Å². The topological polar surface area (TPSA) is 448 Å². The van der Waals surface area contributed by atoms with Gasteiger partial charge in [-0.25, -0.2) is 19.2 Å². The Balaban J connectivity index is 0.000000275. The van der Waals surface area contributed by atoms with Crippen molar-refractivity contribution in [1.82, 2.24) is 26.2 Å². The molecule has 4 aromatic rings. The molecule has 0 spiro atoms. The second-order valence-electron chi connectivity index (χ2n) is 29.1. The van der Waals surface area contributed by atoms with Crippen LogP contribution in [0.25, 0.3) is 0 Å². The number of nitrogens with one attached hydrogen (secondary N) is 4. The first kappa shape index (κ1) is 83.4. The number of rotatable bonds is 14. The summed E-state index contributed by atoms with van der Waals surface area (Å²) in [6, 6.07) is 29.2. The first-order valence-corrected chi connectivity index (χ1v) is 33.3. The Labute approximate surface area is 589 Å². The average molecular weight is 1420 g/mol. The number of hydrogen-bond acceptors (Lipinski definition) is 20. The van der Waals surface area contributed by atoms with Gasteiger partial charge in [0, 0.05) is 57.9 Å². The summed E-state index contributed by atoms with van der Waals surface area (Å²) >= 11 is 0. The van der Waals surface area contributed by atoms with Crippen molar-refractivity contribution in [2.45, 2.75) is 205 Å². The first-order valence-electron chi connectivity index (χ1n) is 33.3. The van der Waals surface area contributed by atoms with Gasteiger partial charge in [0.05, 0.1) is 21.2 Å². The van der Waals surface area contributed by atoms with Crippen molar-refractivity contribution in [3.63, 3.8) is 0 Å². The number of amides is 8. The molecule has 3 aliphatic heterocycles. The summed E-state index contributed by atoms with van der Waals surface area (Å²) in [5, 5.41) is 31.8. The molecule has 0 atom stereocenters. The summed E-state index contributed by atoms with van der Waals surface area (Å²) in [5.41, 5.74) is 24.1. The van der Waals surface area contributed by atoms with Gasteiger partial charge in [0.2, 0.25) is 29.4 Å². The van der Waals surface area contributed by atoms with Crippen LogP contribution in [-0.4, -0.2) is 147 Å². The molecule has 8 rings (SSSR count). The van der Waals surface area contributed by atoms with Crippen LogP contribution in [0.4, 0.5) is 52.0 Å². The van der Waals surface area contributed by atoms with E-state index in [0.29, 0.717) is 89.2 Å². The molecular weight excluding hydrogens is 1310 g/mol. The van der Waals surface area contributed by atoms with E-state index < -0.39 is 114 Å². The number of para-hydroxylation sites is 5. The van der Waals surface area contributed by atoms with Crippen LogP contribution in [0, 0.1) is 26.0 Å². The van der Waals surface area contributed by atoms with Crippen LogP contribution in [0.3, 0.4) is 0 Å². The highest BCUT2D eigenvalue weighted by atomic mass is 19.1. The van der Waals surface area contributed by atoms with Gasteiger partial charge < -0.3 is 78.7 Å². The number of hydrogen-bond donors (Lipinski definition) is 9. The lowest BCUT2D eigenvalue weighted by molar-refractivity contribution is -0.387. The summed E-state index contributed by atoms with van der Waals surface area (Å²) in [7, 11) is 0. The number of ether oxygens (including phenoxy) is 4. The number of nitrogen functional groups attached to an aromatic ring is 1. The Kier molecular flexibility index (Phi) is 29.6. The third-order valence-electron chi connectivity index (χ3n) is 16.5. The lowest BCUT2D eigenvalue weighted by Crippen LogP contribution is -2.63. The number of piperidine rings is 3. The number of nitro groups is 2. The number of nitro benzene ring substituents is 2. The second-order valence-corrected chi connectivity index (χ2v) is 29.1. The Morgan fingerprint density at radius 3 is 1.05 bits per heavy atom. The van der Waals surface area contributed by atoms with E-state index in [4.69, 9.17) is 47.6 Å². The molecule has 4 fully saturated rings. The molecule has 101 heavy (non-hydrogen) atoms. The minimum absolute atomic E-state index is 0.000763. The molecular formula is C70H103FN14O16. The number of alkyl carbamates (subject to hydrolysis) is 4. The minimum atomic E-state index is -1.23. The smallest absolute Gasteiger partial charge is 0.408 e. The van der Waals surface area contributed by atoms with Crippen LogP contribution in [0.2, 0.25) is 0 Å². The lowest BCUT2D eigenvalue weighted by Gasteiger charge is -2.41. The van der Waals surface area contributed by atoms with Crippen molar-refractivity contribution >= 4 is 76.4 Å². The number of likely N-dealkylation sites (tertiary alicyclic amines) is 1. The molecule has 8 amide bonds. The van der Waals surface area contributed by atoms with Gasteiger partial charge in [0.1, 0.15) is 50.2 Å². The van der Waals surface area contributed by atoms with Crippen molar-refractivity contribution in [1.29, 1.82) is 0 Å². The third-order valence-corrected chi connectivity index (χ3v) is 16.5. The highest BCUT2D eigenvalue weighted by Crippen LogP contribution is 2.35. The molecule has 0 aromatic heterocycles. The van der Waals surface area contributed by atoms with Crippen molar-refractivity contribution in [3.8, 4) is 0 Å². The highest BCUT2D eigenvalue weighted by Gasteiger charge is 2.46. The summed E-state index contributed by atoms with van der Waals surface area (Å²) in [6.45, 7) is 25.2. The number of carbonyl (C=O) groups excluding carboxylic acids is 8. The fraction of sp³-hybridized carbons (Fsp3) is 0.543. The number of halogens is 1. The number of benzene rings is 4. The number of nitrogens with zero attached hydrogens (tertiary/aromatic N) is 5. The largest absolute Gasteiger partial charge is 0.444 e. The lowest BCUT2D eigenvalue weighted by atomic mass is 9.81. The van der Waals surface area contributed by atoms with Gasteiger partial charge in [0.25, 0.3) is 5.69 Å². The molecule has 30 nitrogen and oxygen atoms in total. The average Bonchev–Trinajstić information content (AvgIpc) is 0.792. The van der Waals surface area contributed by atoms with Crippen LogP contribution in [0.1, 0.15) is 159 Å². The summed E-state index contributed by atoms with van der Waals surface area (Å²) < 4.78 is 33.3. The Hall–Kier alpha value is -10.1. The number of carbonyl (C=O) groups is 8. The normalized spacial score (nSPS) is 16.8. The van der Waals surface area contributed by atoms with E-state index in [0.717, 1.165) is 43.6 Å². The zero-order chi connectivity index (χ0) is 76.0. The zero-order valence-electron chi connectivity index (χ0n) is 60.1. The summed E-state index contributed by atoms with van der Waals surface area (Å²) in [6.07, 6.45) is 3.78. The molecule has 31 heteroatoms.